The van der Waals surface area contributed by atoms with Gasteiger partial charge >= 0.3 is 6.09 Å². The van der Waals surface area contributed by atoms with Crippen molar-refractivity contribution >= 4 is 23.4 Å². The molecule has 138 valence electrons. The van der Waals surface area contributed by atoms with E-state index >= 15 is 0 Å². The van der Waals surface area contributed by atoms with E-state index in [1.807, 2.05) is 0 Å². The second-order valence-electron chi connectivity index (χ2n) is 6.74. The number of nitrogens with one attached hydrogen (secondary N) is 2. The molecular weight excluding hydrogens is 342 g/mol. The molecule has 0 spiro atoms. The maximum absolute atomic E-state index is 14.0. The largest absolute Gasteiger partial charge is 0.444 e. The van der Waals surface area contributed by atoms with Crippen molar-refractivity contribution in [2.45, 2.75) is 33.3 Å². The standard InChI is InChI=1S/C19H20F2N2O3/c1-11-9-12(5-7-14(11)20)17(24)23-16-10-13(6-8-15(16)21)22-18(25)26-19(2,3)4/h5-10H,1-4H3,(H,22,25)(H,23,24). The highest BCUT2D eigenvalue weighted by Crippen LogP contribution is 2.21. The topological polar surface area (TPSA) is 67.4 Å². The summed E-state index contributed by atoms with van der Waals surface area (Å²) in [7, 11) is 0. The first-order valence-corrected chi connectivity index (χ1v) is 7.92. The Morgan fingerprint density at radius 1 is 0.962 bits per heavy atom. The van der Waals surface area contributed by atoms with Crippen LogP contribution in [0.1, 0.15) is 36.7 Å². The Hall–Kier alpha value is -2.96. The molecule has 0 saturated heterocycles. The second-order valence-corrected chi connectivity index (χ2v) is 6.74. The summed E-state index contributed by atoms with van der Waals surface area (Å²) in [5, 5.41) is 4.87. The molecule has 0 aliphatic rings. The molecule has 0 aliphatic carbocycles. The molecular formula is C19H20F2N2O3. The van der Waals surface area contributed by atoms with E-state index in [4.69, 9.17) is 4.74 Å². The maximum atomic E-state index is 14.0. The minimum absolute atomic E-state index is 0.120. The van der Waals surface area contributed by atoms with Gasteiger partial charge in [0.25, 0.3) is 5.91 Å². The average molecular weight is 362 g/mol. The first-order valence-electron chi connectivity index (χ1n) is 7.92. The number of anilines is 2. The number of carbonyl (C=O) groups excluding carboxylic acids is 2. The Kier molecular flexibility index (Phi) is 5.59. The van der Waals surface area contributed by atoms with Gasteiger partial charge in [0.1, 0.15) is 17.2 Å². The monoisotopic (exact) mass is 362 g/mol. The predicted molar refractivity (Wildman–Crippen MR) is 95.3 cm³/mol. The number of ether oxygens (including phenoxy) is 1. The van der Waals surface area contributed by atoms with Crippen molar-refractivity contribution in [2.24, 2.45) is 0 Å². The second kappa shape index (κ2) is 7.51. The molecule has 2 aromatic carbocycles. The number of amides is 2. The molecule has 7 heteroatoms. The average Bonchev–Trinajstić information content (AvgIpc) is 2.51. The highest BCUT2D eigenvalue weighted by Gasteiger charge is 2.17. The Bertz CT molecular complexity index is 845. The molecule has 2 aromatic rings. The summed E-state index contributed by atoms with van der Waals surface area (Å²) in [4.78, 5) is 24.0. The summed E-state index contributed by atoms with van der Waals surface area (Å²) in [5.41, 5.74) is -0.0502. The zero-order valence-electron chi connectivity index (χ0n) is 14.9. The summed E-state index contributed by atoms with van der Waals surface area (Å²) in [6.45, 7) is 6.67. The fourth-order valence-electron chi connectivity index (χ4n) is 2.10. The number of carbonyl (C=O) groups is 2. The fraction of sp³-hybridized carbons (Fsp3) is 0.263. The van der Waals surface area contributed by atoms with Crippen molar-refractivity contribution in [3.63, 3.8) is 0 Å². The maximum Gasteiger partial charge on any atom is 0.412 e. The minimum atomic E-state index is -0.699. The molecule has 0 radical (unpaired) electrons. The summed E-state index contributed by atoms with van der Waals surface area (Å²) in [6.07, 6.45) is -0.699. The third-order valence-electron chi connectivity index (χ3n) is 3.28. The molecule has 0 bridgehead atoms. The summed E-state index contributed by atoms with van der Waals surface area (Å²) in [6, 6.07) is 7.56. The van der Waals surface area contributed by atoms with Crippen LogP contribution in [0, 0.1) is 18.6 Å². The highest BCUT2D eigenvalue weighted by molar-refractivity contribution is 6.04. The lowest BCUT2D eigenvalue weighted by Gasteiger charge is -2.20. The van der Waals surface area contributed by atoms with Crippen LogP contribution in [0.5, 0.6) is 0 Å². The van der Waals surface area contributed by atoms with E-state index in [2.05, 4.69) is 10.6 Å². The van der Waals surface area contributed by atoms with Gasteiger partial charge in [-0.2, -0.15) is 0 Å². The van der Waals surface area contributed by atoms with E-state index in [-0.39, 0.29) is 16.9 Å². The Morgan fingerprint density at radius 3 is 2.23 bits per heavy atom. The van der Waals surface area contributed by atoms with Gasteiger partial charge in [0, 0.05) is 11.3 Å². The first kappa shape index (κ1) is 19.4. The van der Waals surface area contributed by atoms with E-state index in [0.717, 1.165) is 6.07 Å². The van der Waals surface area contributed by atoms with Gasteiger partial charge in [-0.05, 0) is 69.7 Å². The van der Waals surface area contributed by atoms with Gasteiger partial charge in [-0.3, -0.25) is 10.1 Å². The molecule has 0 heterocycles. The molecule has 2 rings (SSSR count). The van der Waals surface area contributed by atoms with Crippen molar-refractivity contribution in [1.29, 1.82) is 0 Å². The van der Waals surface area contributed by atoms with Crippen molar-refractivity contribution < 1.29 is 23.1 Å². The van der Waals surface area contributed by atoms with Crippen LogP contribution in [0.25, 0.3) is 0 Å². The molecule has 0 fully saturated rings. The lowest BCUT2D eigenvalue weighted by molar-refractivity contribution is 0.0635. The van der Waals surface area contributed by atoms with E-state index in [0.29, 0.717) is 5.56 Å². The van der Waals surface area contributed by atoms with E-state index in [1.54, 1.807) is 20.8 Å². The predicted octanol–water partition coefficient (Wildman–Crippen LogP) is 4.87. The summed E-state index contributed by atoms with van der Waals surface area (Å²) in [5.74, 6) is -1.70. The van der Waals surface area contributed by atoms with Crippen molar-refractivity contribution in [2.75, 3.05) is 10.6 Å². The van der Waals surface area contributed by atoms with Crippen LogP contribution in [-0.2, 0) is 4.74 Å². The molecule has 2 N–H and O–H groups in total. The first-order chi connectivity index (χ1) is 12.0. The number of hydrogen-bond donors (Lipinski definition) is 2. The van der Waals surface area contributed by atoms with E-state index < -0.39 is 29.2 Å². The van der Waals surface area contributed by atoms with Gasteiger partial charge in [-0.15, -0.1) is 0 Å². The van der Waals surface area contributed by atoms with Gasteiger partial charge in [-0.25, -0.2) is 13.6 Å². The molecule has 0 unspecified atom stereocenters. The van der Waals surface area contributed by atoms with Gasteiger partial charge in [0.15, 0.2) is 0 Å². The number of hydrogen-bond acceptors (Lipinski definition) is 3. The van der Waals surface area contributed by atoms with Gasteiger partial charge < -0.3 is 10.1 Å². The lowest BCUT2D eigenvalue weighted by atomic mass is 10.1. The number of aryl methyl sites for hydroxylation is 1. The van der Waals surface area contributed by atoms with Crippen LogP contribution in [-0.4, -0.2) is 17.6 Å². The van der Waals surface area contributed by atoms with E-state index in [9.17, 15) is 18.4 Å². The Labute approximate surface area is 150 Å². The molecule has 0 aliphatic heterocycles. The molecule has 0 aromatic heterocycles. The minimum Gasteiger partial charge on any atom is -0.444 e. The van der Waals surface area contributed by atoms with Crippen LogP contribution >= 0.6 is 0 Å². The molecule has 0 atom stereocenters. The van der Waals surface area contributed by atoms with Crippen molar-refractivity contribution in [3.05, 3.63) is 59.2 Å². The third-order valence-corrected chi connectivity index (χ3v) is 3.28. The summed E-state index contributed by atoms with van der Waals surface area (Å²) < 4.78 is 32.4. The molecule has 5 nitrogen and oxygen atoms in total. The molecule has 26 heavy (non-hydrogen) atoms. The fourth-order valence-corrected chi connectivity index (χ4v) is 2.10. The van der Waals surface area contributed by atoms with Crippen LogP contribution in [0.15, 0.2) is 36.4 Å². The zero-order valence-corrected chi connectivity index (χ0v) is 14.9. The van der Waals surface area contributed by atoms with Crippen LogP contribution in [0.2, 0.25) is 0 Å². The van der Waals surface area contributed by atoms with Gasteiger partial charge in [-0.1, -0.05) is 0 Å². The van der Waals surface area contributed by atoms with Gasteiger partial charge in [0.2, 0.25) is 0 Å². The van der Waals surface area contributed by atoms with E-state index in [1.165, 1.54) is 37.3 Å². The van der Waals surface area contributed by atoms with Crippen LogP contribution in [0.4, 0.5) is 25.0 Å². The SMILES string of the molecule is Cc1cc(C(=O)Nc2cc(NC(=O)OC(C)(C)C)ccc2F)ccc1F. The van der Waals surface area contributed by atoms with Crippen LogP contribution in [0.3, 0.4) is 0 Å². The third kappa shape index (κ3) is 5.27. The lowest BCUT2D eigenvalue weighted by Crippen LogP contribution is -2.27. The smallest absolute Gasteiger partial charge is 0.412 e. The highest BCUT2D eigenvalue weighted by atomic mass is 19.1. The van der Waals surface area contributed by atoms with Crippen LogP contribution < -0.4 is 10.6 Å². The molecule has 2 amide bonds. The summed E-state index contributed by atoms with van der Waals surface area (Å²) >= 11 is 0. The number of halogens is 2. The number of rotatable bonds is 3. The van der Waals surface area contributed by atoms with Crippen molar-refractivity contribution in [1.82, 2.24) is 0 Å². The zero-order chi connectivity index (χ0) is 19.5. The molecule has 0 saturated carbocycles. The van der Waals surface area contributed by atoms with Crippen molar-refractivity contribution in [3.8, 4) is 0 Å². The number of benzene rings is 2. The Morgan fingerprint density at radius 2 is 1.62 bits per heavy atom. The normalized spacial score (nSPS) is 11.0. The Balaban J connectivity index is 2.15. The van der Waals surface area contributed by atoms with Gasteiger partial charge in [0.05, 0.1) is 5.69 Å². The quantitative estimate of drug-likeness (QED) is 0.818.